The van der Waals surface area contributed by atoms with Gasteiger partial charge in [0, 0.05) is 38.6 Å². The third-order valence-electron chi connectivity index (χ3n) is 4.12. The zero-order valence-corrected chi connectivity index (χ0v) is 11.6. The molecule has 0 aromatic rings. The van der Waals surface area contributed by atoms with Crippen LogP contribution in [0.1, 0.15) is 26.2 Å². The van der Waals surface area contributed by atoms with Gasteiger partial charge in [0.05, 0.1) is 0 Å². The average molecular weight is 254 g/mol. The molecule has 2 fully saturated rings. The van der Waals surface area contributed by atoms with Gasteiger partial charge >= 0.3 is 0 Å². The van der Waals surface area contributed by atoms with Gasteiger partial charge in [-0.05, 0) is 32.4 Å². The Kier molecular flexibility index (Phi) is 4.97. The molecule has 0 saturated carbocycles. The van der Waals surface area contributed by atoms with Gasteiger partial charge in [0.1, 0.15) is 0 Å². The molecular weight excluding hydrogens is 228 g/mol. The van der Waals surface area contributed by atoms with Crippen LogP contribution in [-0.2, 0) is 4.79 Å². The number of carbonyl (C=O) groups excluding carboxylic acids is 1. The summed E-state index contributed by atoms with van der Waals surface area (Å²) in [4.78, 5) is 14.3. The number of hydrogen-bond acceptors (Lipinski definition) is 4. The van der Waals surface area contributed by atoms with Gasteiger partial charge in [0.2, 0.25) is 5.91 Å². The molecule has 1 amide bonds. The van der Waals surface area contributed by atoms with Crippen LogP contribution in [0.15, 0.2) is 0 Å². The molecule has 5 nitrogen and oxygen atoms in total. The van der Waals surface area contributed by atoms with E-state index in [1.165, 1.54) is 12.8 Å². The molecular formula is C13H26N4O. The van der Waals surface area contributed by atoms with E-state index >= 15 is 0 Å². The fourth-order valence-corrected chi connectivity index (χ4v) is 2.73. The van der Waals surface area contributed by atoms with Gasteiger partial charge in [-0.25, -0.2) is 5.01 Å². The SMILES string of the molecule is CC1CCCNC1CC(=O)NN1CCN(C)CC1. The minimum Gasteiger partial charge on any atom is -0.313 e. The molecule has 2 aliphatic heterocycles. The van der Waals surface area contributed by atoms with Crippen LogP contribution in [0.5, 0.6) is 0 Å². The molecule has 0 radical (unpaired) electrons. The van der Waals surface area contributed by atoms with Gasteiger partial charge in [-0.15, -0.1) is 0 Å². The second-order valence-corrected chi connectivity index (χ2v) is 5.71. The summed E-state index contributed by atoms with van der Waals surface area (Å²) in [5, 5.41) is 5.51. The number of likely N-dealkylation sites (N-methyl/N-ethyl adjacent to an activating group) is 1. The molecule has 18 heavy (non-hydrogen) atoms. The van der Waals surface area contributed by atoms with Crippen molar-refractivity contribution in [3.8, 4) is 0 Å². The van der Waals surface area contributed by atoms with Crippen LogP contribution in [-0.4, -0.2) is 61.6 Å². The third kappa shape index (κ3) is 3.93. The van der Waals surface area contributed by atoms with Gasteiger partial charge in [-0.2, -0.15) is 0 Å². The lowest BCUT2D eigenvalue weighted by atomic mass is 9.90. The Hall–Kier alpha value is -0.650. The van der Waals surface area contributed by atoms with Crippen LogP contribution >= 0.6 is 0 Å². The first-order valence-electron chi connectivity index (χ1n) is 7.11. The van der Waals surface area contributed by atoms with Gasteiger partial charge in [-0.3, -0.25) is 10.2 Å². The minimum absolute atomic E-state index is 0.158. The molecule has 2 aliphatic rings. The Morgan fingerprint density at radius 2 is 2.06 bits per heavy atom. The molecule has 104 valence electrons. The Morgan fingerprint density at radius 1 is 1.33 bits per heavy atom. The second kappa shape index (κ2) is 6.50. The summed E-state index contributed by atoms with van der Waals surface area (Å²) in [5.74, 6) is 0.766. The third-order valence-corrected chi connectivity index (χ3v) is 4.12. The number of hydrogen-bond donors (Lipinski definition) is 2. The number of rotatable bonds is 3. The molecule has 2 rings (SSSR count). The van der Waals surface area contributed by atoms with E-state index in [1.54, 1.807) is 0 Å². The summed E-state index contributed by atoms with van der Waals surface area (Å²) in [6, 6.07) is 0.353. The summed E-state index contributed by atoms with van der Waals surface area (Å²) >= 11 is 0. The van der Waals surface area contributed by atoms with E-state index in [0.29, 0.717) is 18.4 Å². The van der Waals surface area contributed by atoms with Crippen molar-refractivity contribution in [1.82, 2.24) is 20.7 Å². The van der Waals surface area contributed by atoms with Crippen LogP contribution in [0.4, 0.5) is 0 Å². The quantitative estimate of drug-likeness (QED) is 0.747. The Bertz CT molecular complexity index is 276. The number of piperidine rings is 1. The molecule has 2 saturated heterocycles. The smallest absolute Gasteiger partial charge is 0.235 e. The molecule has 2 unspecified atom stereocenters. The summed E-state index contributed by atoms with van der Waals surface area (Å²) in [6.07, 6.45) is 3.07. The Morgan fingerprint density at radius 3 is 2.72 bits per heavy atom. The summed E-state index contributed by atoms with van der Waals surface area (Å²) < 4.78 is 0. The maximum absolute atomic E-state index is 12.0. The van der Waals surface area contributed by atoms with Crippen molar-refractivity contribution in [2.24, 2.45) is 5.92 Å². The fraction of sp³-hybridized carbons (Fsp3) is 0.923. The van der Waals surface area contributed by atoms with E-state index in [2.05, 4.69) is 34.6 Å². The highest BCUT2D eigenvalue weighted by Crippen LogP contribution is 2.17. The van der Waals surface area contributed by atoms with Crippen molar-refractivity contribution < 1.29 is 4.79 Å². The van der Waals surface area contributed by atoms with Crippen molar-refractivity contribution in [3.63, 3.8) is 0 Å². The Labute approximate surface area is 110 Å². The predicted molar refractivity (Wildman–Crippen MR) is 72.0 cm³/mol. The fourth-order valence-electron chi connectivity index (χ4n) is 2.73. The summed E-state index contributed by atoms with van der Waals surface area (Å²) in [7, 11) is 2.12. The second-order valence-electron chi connectivity index (χ2n) is 5.71. The zero-order valence-electron chi connectivity index (χ0n) is 11.6. The average Bonchev–Trinajstić information content (AvgIpc) is 2.35. The molecule has 0 aromatic carbocycles. The molecule has 0 bridgehead atoms. The lowest BCUT2D eigenvalue weighted by Gasteiger charge is -2.34. The van der Waals surface area contributed by atoms with Crippen molar-refractivity contribution in [1.29, 1.82) is 0 Å². The molecule has 2 N–H and O–H groups in total. The highest BCUT2D eigenvalue weighted by Gasteiger charge is 2.24. The number of hydrazine groups is 1. The van der Waals surface area contributed by atoms with Crippen LogP contribution in [0, 0.1) is 5.92 Å². The first-order valence-corrected chi connectivity index (χ1v) is 7.11. The van der Waals surface area contributed by atoms with Gasteiger partial charge in [-0.1, -0.05) is 6.92 Å². The highest BCUT2D eigenvalue weighted by atomic mass is 16.2. The highest BCUT2D eigenvalue weighted by molar-refractivity contribution is 5.76. The van der Waals surface area contributed by atoms with E-state index in [-0.39, 0.29) is 5.91 Å². The lowest BCUT2D eigenvalue weighted by molar-refractivity contribution is -0.127. The van der Waals surface area contributed by atoms with Gasteiger partial charge < -0.3 is 10.2 Å². The molecule has 0 spiro atoms. The Balaban J connectivity index is 1.71. The van der Waals surface area contributed by atoms with Crippen molar-refractivity contribution in [3.05, 3.63) is 0 Å². The molecule has 2 heterocycles. The maximum Gasteiger partial charge on any atom is 0.235 e. The van der Waals surface area contributed by atoms with Crippen molar-refractivity contribution >= 4 is 5.91 Å². The number of nitrogens with zero attached hydrogens (tertiary/aromatic N) is 2. The topological polar surface area (TPSA) is 47.6 Å². The molecule has 2 atom stereocenters. The first-order chi connectivity index (χ1) is 8.65. The summed E-state index contributed by atoms with van der Waals surface area (Å²) in [5.41, 5.74) is 3.03. The first kappa shape index (κ1) is 13.8. The van der Waals surface area contributed by atoms with Crippen LogP contribution in [0.3, 0.4) is 0 Å². The lowest BCUT2D eigenvalue weighted by Crippen LogP contribution is -2.54. The van der Waals surface area contributed by atoms with Crippen molar-refractivity contribution in [2.45, 2.75) is 32.2 Å². The van der Waals surface area contributed by atoms with E-state index in [0.717, 1.165) is 32.7 Å². The summed E-state index contributed by atoms with van der Waals surface area (Å²) in [6.45, 7) is 7.19. The number of piperazine rings is 1. The number of nitrogens with one attached hydrogen (secondary N) is 2. The van der Waals surface area contributed by atoms with Crippen LogP contribution in [0.25, 0.3) is 0 Å². The predicted octanol–water partition coefficient (Wildman–Crippen LogP) is 0.0432. The van der Waals surface area contributed by atoms with Crippen molar-refractivity contribution in [2.75, 3.05) is 39.8 Å². The van der Waals surface area contributed by atoms with E-state index in [9.17, 15) is 4.79 Å². The van der Waals surface area contributed by atoms with E-state index < -0.39 is 0 Å². The minimum atomic E-state index is 0.158. The van der Waals surface area contributed by atoms with E-state index in [4.69, 9.17) is 0 Å². The monoisotopic (exact) mass is 254 g/mol. The van der Waals surface area contributed by atoms with Gasteiger partial charge in [0.15, 0.2) is 0 Å². The number of carbonyl (C=O) groups is 1. The number of amides is 1. The normalized spacial score (nSPS) is 31.2. The van der Waals surface area contributed by atoms with E-state index in [1.807, 2.05) is 0 Å². The molecule has 5 heteroatoms. The standard InChI is InChI=1S/C13H26N4O/c1-11-4-3-5-14-12(11)10-13(18)15-17-8-6-16(2)7-9-17/h11-12,14H,3-10H2,1-2H3,(H,15,18). The molecule has 0 aliphatic carbocycles. The van der Waals surface area contributed by atoms with Gasteiger partial charge in [0.25, 0.3) is 0 Å². The molecule has 0 aromatic heterocycles. The van der Waals surface area contributed by atoms with Crippen LogP contribution in [0.2, 0.25) is 0 Å². The zero-order chi connectivity index (χ0) is 13.0. The largest absolute Gasteiger partial charge is 0.313 e. The maximum atomic E-state index is 12.0. The van der Waals surface area contributed by atoms with Crippen LogP contribution < -0.4 is 10.7 Å².